The van der Waals surface area contributed by atoms with Gasteiger partial charge in [-0.25, -0.2) is 0 Å². The van der Waals surface area contributed by atoms with Crippen molar-refractivity contribution in [3.8, 4) is 0 Å². The zero-order chi connectivity index (χ0) is 10.2. The molecule has 0 radical (unpaired) electrons. The molecule has 0 aromatic rings. The van der Waals surface area contributed by atoms with Crippen molar-refractivity contribution in [1.29, 1.82) is 0 Å². The molecule has 0 atom stereocenters. The molecular formula is C11H26OSi. The Morgan fingerprint density at radius 1 is 1.00 bits per heavy atom. The SMILES string of the molecule is CCCCC(CC)(CCCC)[SiH2]O. The summed E-state index contributed by atoms with van der Waals surface area (Å²) in [6.07, 6.45) is 8.85. The molecule has 1 nitrogen and oxygen atoms in total. The van der Waals surface area contributed by atoms with Gasteiger partial charge in [0.25, 0.3) is 0 Å². The van der Waals surface area contributed by atoms with E-state index in [-0.39, 0.29) is 0 Å². The van der Waals surface area contributed by atoms with E-state index in [2.05, 4.69) is 20.8 Å². The number of hydrogen-bond donors (Lipinski definition) is 1. The molecule has 2 heteroatoms. The van der Waals surface area contributed by atoms with E-state index in [0.717, 1.165) is 0 Å². The van der Waals surface area contributed by atoms with Gasteiger partial charge in [0, 0.05) is 0 Å². The van der Waals surface area contributed by atoms with Crippen LogP contribution in [0.4, 0.5) is 0 Å². The smallest absolute Gasteiger partial charge is 0.162 e. The first-order valence-corrected chi connectivity index (χ1v) is 7.19. The average molecular weight is 202 g/mol. The lowest BCUT2D eigenvalue weighted by Gasteiger charge is -2.30. The molecule has 0 spiro atoms. The third-order valence-corrected chi connectivity index (χ3v) is 5.08. The van der Waals surface area contributed by atoms with E-state index in [4.69, 9.17) is 0 Å². The van der Waals surface area contributed by atoms with Gasteiger partial charge < -0.3 is 4.80 Å². The number of hydrogen-bond acceptors (Lipinski definition) is 1. The van der Waals surface area contributed by atoms with Crippen molar-refractivity contribution in [3.63, 3.8) is 0 Å². The van der Waals surface area contributed by atoms with E-state index >= 15 is 0 Å². The summed E-state index contributed by atoms with van der Waals surface area (Å²) in [6, 6.07) is 0. The van der Waals surface area contributed by atoms with Crippen molar-refractivity contribution in [2.75, 3.05) is 0 Å². The van der Waals surface area contributed by atoms with Crippen molar-refractivity contribution in [1.82, 2.24) is 0 Å². The molecule has 13 heavy (non-hydrogen) atoms. The van der Waals surface area contributed by atoms with E-state index < -0.39 is 9.76 Å². The summed E-state index contributed by atoms with van der Waals surface area (Å²) in [5, 5.41) is 0.381. The van der Waals surface area contributed by atoms with Gasteiger partial charge in [-0.3, -0.25) is 0 Å². The molecule has 0 aromatic heterocycles. The van der Waals surface area contributed by atoms with Crippen LogP contribution in [0.5, 0.6) is 0 Å². The van der Waals surface area contributed by atoms with Crippen LogP contribution >= 0.6 is 0 Å². The van der Waals surface area contributed by atoms with Crippen LogP contribution in [-0.4, -0.2) is 14.6 Å². The maximum Gasteiger partial charge on any atom is 0.162 e. The highest BCUT2D eigenvalue weighted by molar-refractivity contribution is 6.30. The molecule has 0 aliphatic rings. The second-order valence-electron chi connectivity index (χ2n) is 4.22. The highest BCUT2D eigenvalue weighted by atomic mass is 28.2. The normalized spacial score (nSPS) is 12.9. The summed E-state index contributed by atoms with van der Waals surface area (Å²) < 4.78 is 0. The van der Waals surface area contributed by atoms with E-state index in [1.54, 1.807) is 0 Å². The summed E-state index contributed by atoms with van der Waals surface area (Å²) in [5.41, 5.74) is 0. The van der Waals surface area contributed by atoms with E-state index in [0.29, 0.717) is 5.04 Å². The average Bonchev–Trinajstić information content (AvgIpc) is 2.20. The minimum atomic E-state index is -0.820. The first kappa shape index (κ1) is 13.2. The van der Waals surface area contributed by atoms with Crippen molar-refractivity contribution >= 4 is 9.76 Å². The third kappa shape index (κ3) is 4.82. The summed E-state index contributed by atoms with van der Waals surface area (Å²) in [5.74, 6) is 0. The molecule has 0 fully saturated rings. The molecule has 0 bridgehead atoms. The van der Waals surface area contributed by atoms with Crippen molar-refractivity contribution in [2.24, 2.45) is 0 Å². The molecular weight excluding hydrogens is 176 g/mol. The van der Waals surface area contributed by atoms with Crippen LogP contribution in [0.3, 0.4) is 0 Å². The minimum Gasteiger partial charge on any atom is -0.438 e. The van der Waals surface area contributed by atoms with Gasteiger partial charge in [0.05, 0.1) is 0 Å². The van der Waals surface area contributed by atoms with Crippen LogP contribution < -0.4 is 0 Å². The van der Waals surface area contributed by atoms with Gasteiger partial charge in [-0.05, 0) is 17.9 Å². The van der Waals surface area contributed by atoms with Crippen LogP contribution in [0.25, 0.3) is 0 Å². The van der Waals surface area contributed by atoms with Crippen molar-refractivity contribution in [2.45, 2.75) is 70.8 Å². The molecule has 0 aromatic carbocycles. The zero-order valence-corrected chi connectivity index (χ0v) is 11.0. The van der Waals surface area contributed by atoms with Gasteiger partial charge in [-0.15, -0.1) is 0 Å². The molecule has 0 heterocycles. The predicted molar refractivity (Wildman–Crippen MR) is 62.8 cm³/mol. The van der Waals surface area contributed by atoms with Crippen LogP contribution in [0.15, 0.2) is 0 Å². The maximum absolute atomic E-state index is 9.57. The molecule has 80 valence electrons. The molecule has 0 rings (SSSR count). The largest absolute Gasteiger partial charge is 0.438 e. The Hall–Kier alpha value is 0.177. The molecule has 0 unspecified atom stereocenters. The summed E-state index contributed by atoms with van der Waals surface area (Å²) >= 11 is 0. The van der Waals surface area contributed by atoms with Gasteiger partial charge in [-0.1, -0.05) is 52.9 Å². The van der Waals surface area contributed by atoms with Gasteiger partial charge in [-0.2, -0.15) is 0 Å². The zero-order valence-electron chi connectivity index (χ0n) is 9.60. The van der Waals surface area contributed by atoms with E-state index in [1.807, 2.05) is 0 Å². The predicted octanol–water partition coefficient (Wildman–Crippen LogP) is 3.01. The molecule has 1 N–H and O–H groups in total. The molecule has 0 saturated heterocycles. The van der Waals surface area contributed by atoms with Crippen LogP contribution in [0.1, 0.15) is 65.7 Å². The highest BCUT2D eigenvalue weighted by Gasteiger charge is 2.26. The quantitative estimate of drug-likeness (QED) is 0.600. The Bertz CT molecular complexity index is 101. The van der Waals surface area contributed by atoms with Crippen LogP contribution in [0.2, 0.25) is 5.04 Å². The lowest BCUT2D eigenvalue weighted by molar-refractivity contribution is 0.387. The molecule has 0 saturated carbocycles. The fraction of sp³-hybridized carbons (Fsp3) is 1.00. The van der Waals surface area contributed by atoms with E-state index in [9.17, 15) is 4.80 Å². The standard InChI is InChI=1S/C11H26OSi/c1-4-7-9-11(6-3,13-12)10-8-5-2/h12H,4-10,13H2,1-3H3. The number of unbranched alkanes of at least 4 members (excludes halogenated alkanes) is 2. The van der Waals surface area contributed by atoms with Crippen LogP contribution in [0, 0.1) is 0 Å². The molecule has 0 aliphatic carbocycles. The lowest BCUT2D eigenvalue weighted by atomic mass is 9.92. The number of rotatable bonds is 8. The Labute approximate surface area is 85.9 Å². The molecule has 0 aliphatic heterocycles. The fourth-order valence-corrected chi connectivity index (χ4v) is 2.89. The second-order valence-corrected chi connectivity index (χ2v) is 6.04. The monoisotopic (exact) mass is 202 g/mol. The van der Waals surface area contributed by atoms with Gasteiger partial charge in [0.2, 0.25) is 0 Å². The Kier molecular flexibility index (Phi) is 7.67. The Balaban J connectivity index is 3.97. The van der Waals surface area contributed by atoms with Gasteiger partial charge >= 0.3 is 0 Å². The van der Waals surface area contributed by atoms with E-state index in [1.165, 1.54) is 44.9 Å². The molecule has 0 amide bonds. The van der Waals surface area contributed by atoms with Crippen LogP contribution in [-0.2, 0) is 0 Å². The van der Waals surface area contributed by atoms with Crippen molar-refractivity contribution < 1.29 is 4.80 Å². The van der Waals surface area contributed by atoms with Crippen molar-refractivity contribution in [3.05, 3.63) is 0 Å². The second kappa shape index (κ2) is 7.57. The fourth-order valence-electron chi connectivity index (χ4n) is 1.85. The summed E-state index contributed by atoms with van der Waals surface area (Å²) in [6.45, 7) is 6.72. The first-order chi connectivity index (χ1) is 6.24. The third-order valence-electron chi connectivity index (χ3n) is 3.21. The summed E-state index contributed by atoms with van der Waals surface area (Å²) in [4.78, 5) is 9.57. The summed E-state index contributed by atoms with van der Waals surface area (Å²) in [7, 11) is -0.820. The topological polar surface area (TPSA) is 20.2 Å². The van der Waals surface area contributed by atoms with Gasteiger partial charge in [0.15, 0.2) is 9.76 Å². The minimum absolute atomic E-state index is 0.381. The van der Waals surface area contributed by atoms with Gasteiger partial charge in [0.1, 0.15) is 0 Å². The lowest BCUT2D eigenvalue weighted by Crippen LogP contribution is -2.20. The maximum atomic E-state index is 9.57. The Morgan fingerprint density at radius 3 is 1.69 bits per heavy atom. The highest BCUT2D eigenvalue weighted by Crippen LogP contribution is 2.40. The first-order valence-electron chi connectivity index (χ1n) is 5.85. The Morgan fingerprint density at radius 2 is 1.46 bits per heavy atom.